The third kappa shape index (κ3) is 13.3. The van der Waals surface area contributed by atoms with Crippen molar-refractivity contribution in [1.29, 1.82) is 0 Å². The molecule has 0 fully saturated rings. The lowest BCUT2D eigenvalue weighted by atomic mass is 10.0. The van der Waals surface area contributed by atoms with Gasteiger partial charge < -0.3 is 31.2 Å². The van der Waals surface area contributed by atoms with E-state index in [1.54, 1.807) is 0 Å². The number of H-pyrrole nitrogens is 2. The van der Waals surface area contributed by atoms with Crippen LogP contribution >= 0.6 is 0 Å². The summed E-state index contributed by atoms with van der Waals surface area (Å²) in [5.41, 5.74) is 19.2. The second kappa shape index (κ2) is 28.0. The van der Waals surface area contributed by atoms with Crippen molar-refractivity contribution in [2.45, 2.75) is 72.6 Å². The minimum absolute atomic E-state index is 0.256. The molecule has 5 heterocycles. The van der Waals surface area contributed by atoms with E-state index >= 15 is 0 Å². The summed E-state index contributed by atoms with van der Waals surface area (Å²) in [5.74, 6) is -1.03. The van der Waals surface area contributed by atoms with E-state index in [-0.39, 0.29) is 23.6 Å². The van der Waals surface area contributed by atoms with Crippen LogP contribution in [0.1, 0.15) is 133 Å². The van der Waals surface area contributed by atoms with Crippen molar-refractivity contribution < 1.29 is 19.2 Å². The molecule has 2 aliphatic heterocycles. The van der Waals surface area contributed by atoms with Crippen molar-refractivity contribution in [3.63, 3.8) is 0 Å². The molecule has 6 N–H and O–H groups in total. The minimum atomic E-state index is -0.262. The third-order valence-electron chi connectivity index (χ3n) is 17.3. The van der Waals surface area contributed by atoms with Crippen molar-refractivity contribution in [1.82, 2.24) is 19.9 Å². The van der Waals surface area contributed by atoms with Crippen LogP contribution < -0.4 is 21.3 Å². The van der Waals surface area contributed by atoms with Gasteiger partial charge in [0.2, 0.25) is 0 Å². The van der Waals surface area contributed by atoms with Crippen molar-refractivity contribution in [2.75, 3.05) is 21.3 Å². The Morgan fingerprint density at radius 3 is 0.821 bits per heavy atom. The lowest BCUT2D eigenvalue weighted by Crippen LogP contribution is -2.13. The number of aromatic amines is 2. The van der Waals surface area contributed by atoms with E-state index in [1.807, 2.05) is 243 Å². The third-order valence-corrected chi connectivity index (χ3v) is 17.3. The van der Waals surface area contributed by atoms with Gasteiger partial charge in [-0.2, -0.15) is 0 Å². The molecule has 12 heteroatoms. The zero-order valence-electron chi connectivity index (χ0n) is 53.6. The van der Waals surface area contributed by atoms with Gasteiger partial charge in [0.25, 0.3) is 23.6 Å². The topological polar surface area (TPSA) is 174 Å². The number of aromatic nitrogens is 4. The normalized spacial score (nSPS) is 11.5. The Kier molecular flexibility index (Phi) is 18.3. The Hall–Kier alpha value is -11.8. The summed E-state index contributed by atoms with van der Waals surface area (Å²) in [6.07, 6.45) is 14.1. The Balaban J connectivity index is 1.09. The van der Waals surface area contributed by atoms with Crippen molar-refractivity contribution in [3.05, 3.63) is 286 Å². The number of hydrogen-bond donors (Lipinski definition) is 6. The number of hydrogen-bond acceptors (Lipinski definition) is 6. The fourth-order valence-corrected chi connectivity index (χ4v) is 12.8. The molecule has 8 bridgehead atoms. The first-order valence-corrected chi connectivity index (χ1v) is 32.7. The summed E-state index contributed by atoms with van der Waals surface area (Å²) in [7, 11) is 0. The van der Waals surface area contributed by atoms with Crippen molar-refractivity contribution in [2.24, 2.45) is 0 Å². The van der Waals surface area contributed by atoms with E-state index in [0.717, 1.165) is 67.2 Å². The van der Waals surface area contributed by atoms with Gasteiger partial charge in [0.15, 0.2) is 0 Å². The molecule has 0 spiro atoms. The predicted octanol–water partition coefficient (Wildman–Crippen LogP) is 19.8. The van der Waals surface area contributed by atoms with Crippen LogP contribution in [-0.2, 0) is 25.7 Å². The Morgan fingerprint density at radius 1 is 0.305 bits per heavy atom. The number of rotatable bonds is 19. The molecule has 8 aromatic carbocycles. The predicted molar refractivity (Wildman–Crippen MR) is 390 cm³/mol. The molecule has 468 valence electrons. The minimum Gasteiger partial charge on any atom is -0.354 e. The van der Waals surface area contributed by atoms with Crippen LogP contribution in [0.15, 0.2) is 218 Å². The molecule has 0 atom stereocenters. The van der Waals surface area contributed by atoms with Gasteiger partial charge >= 0.3 is 0 Å². The average Bonchev–Trinajstić information content (AvgIpc) is 1.67. The van der Waals surface area contributed by atoms with E-state index in [0.29, 0.717) is 134 Å². The maximum Gasteiger partial charge on any atom is 0.255 e. The number of para-hydroxylation sites is 4. The standard InChI is InChI=1S/C83H72N8O4/c1-5-21-53-25-18-29-57(49-53)81(93)89-65-37-14-10-33-61(65)77-70-42-40-68(84-70)76(60-32-9-13-36-64(60)88-80(92)56-28-17-24-52(8-4)48-56)69-41-43-71(85-69)78(62-34-11-15-38-66(62)90-82(94)58-30-19-26-54(50-58)22-6-2)73-45-47-75(87-73)79(74-46-44-72(77)86-74)63-35-12-16-39-67(63)91-83(95)59-31-20-27-55(51-59)23-7-3/h9-20,24-51,84,87H,5-8,21-23H2,1-4H3,(H,88,92)(H,89,93)(H,90,94)(H,91,95). The van der Waals surface area contributed by atoms with Crippen LogP contribution in [0.3, 0.4) is 0 Å². The van der Waals surface area contributed by atoms with E-state index in [2.05, 4.69) is 58.9 Å². The van der Waals surface area contributed by atoms with Gasteiger partial charge in [0.05, 0.1) is 22.8 Å². The van der Waals surface area contributed by atoms with Gasteiger partial charge in [0, 0.05) is 112 Å². The van der Waals surface area contributed by atoms with Gasteiger partial charge in [0.1, 0.15) is 0 Å². The first kappa shape index (κ1) is 62.1. The molecule has 0 radical (unpaired) electrons. The Morgan fingerprint density at radius 2 is 0.558 bits per heavy atom. The largest absolute Gasteiger partial charge is 0.354 e. The number of amides is 4. The molecule has 4 amide bonds. The fourth-order valence-electron chi connectivity index (χ4n) is 12.8. The highest BCUT2D eigenvalue weighted by Gasteiger charge is 2.25. The fraction of sp³-hybridized carbons (Fsp3) is 0.133. The zero-order chi connectivity index (χ0) is 65.4. The molecule has 2 aliphatic rings. The SMILES string of the molecule is CCCc1cccc(C(=O)Nc2ccccc2-c2c3nc(c(-c4ccccc4NC(=O)c4cccc(CCC)c4)c4ccc([nH]4)c(-c4ccccc4NC(=O)c4cccc(CCC)c4)c4nc(c(-c5ccccc5NC(=O)c5cccc(CC)c5)c5ccc2[nH]5)C=C4)C=C3)c1. The maximum atomic E-state index is 14.5. The smallest absolute Gasteiger partial charge is 0.255 e. The number of nitrogens with one attached hydrogen (secondary N) is 6. The van der Waals surface area contributed by atoms with Gasteiger partial charge in [-0.1, -0.05) is 168 Å². The first-order valence-electron chi connectivity index (χ1n) is 32.7. The number of carbonyl (C=O) groups is 4. The zero-order valence-corrected chi connectivity index (χ0v) is 53.6. The Bertz CT molecular complexity index is 4940. The monoisotopic (exact) mass is 1240 g/mol. The van der Waals surface area contributed by atoms with Crippen molar-refractivity contribution >= 4 is 92.7 Å². The second-order valence-corrected chi connectivity index (χ2v) is 23.9. The quantitative estimate of drug-likeness (QED) is 0.0470. The van der Waals surface area contributed by atoms with Gasteiger partial charge in [-0.15, -0.1) is 0 Å². The van der Waals surface area contributed by atoms with E-state index in [1.165, 1.54) is 0 Å². The van der Waals surface area contributed by atoms with Gasteiger partial charge in [-0.25, -0.2) is 9.97 Å². The van der Waals surface area contributed by atoms with E-state index < -0.39 is 0 Å². The van der Waals surface area contributed by atoms with Gasteiger partial charge in [-0.3, -0.25) is 19.2 Å². The molecule has 11 aromatic rings. The maximum absolute atomic E-state index is 14.5. The summed E-state index contributed by atoms with van der Waals surface area (Å²) in [5, 5.41) is 13.2. The highest BCUT2D eigenvalue weighted by molar-refractivity contribution is 6.13. The number of fused-ring (bicyclic) bond motifs is 8. The van der Waals surface area contributed by atoms with E-state index in [4.69, 9.17) is 9.97 Å². The lowest BCUT2D eigenvalue weighted by molar-refractivity contribution is 0.101. The molecule has 0 saturated heterocycles. The molecule has 0 aliphatic carbocycles. The number of carbonyl (C=O) groups excluding carboxylic acids is 4. The Labute approximate surface area is 553 Å². The molecule has 3 aromatic heterocycles. The summed E-state index contributed by atoms with van der Waals surface area (Å²) < 4.78 is 0. The summed E-state index contributed by atoms with van der Waals surface area (Å²) in [4.78, 5) is 77.0. The number of aryl methyl sites for hydroxylation is 4. The molecule has 0 unspecified atom stereocenters. The summed E-state index contributed by atoms with van der Waals surface area (Å²) >= 11 is 0. The van der Waals surface area contributed by atoms with Crippen LogP contribution in [0.2, 0.25) is 0 Å². The van der Waals surface area contributed by atoms with Crippen LogP contribution in [-0.4, -0.2) is 43.6 Å². The van der Waals surface area contributed by atoms with Crippen LogP contribution in [0, 0.1) is 0 Å². The number of anilines is 4. The van der Waals surface area contributed by atoms with Gasteiger partial charge in [-0.05, 0) is 169 Å². The molecule has 12 nitrogen and oxygen atoms in total. The highest BCUT2D eigenvalue weighted by atomic mass is 16.2. The highest BCUT2D eigenvalue weighted by Crippen LogP contribution is 2.43. The van der Waals surface area contributed by atoms with Crippen molar-refractivity contribution in [3.8, 4) is 44.5 Å². The molecule has 13 rings (SSSR count). The molecule has 95 heavy (non-hydrogen) atoms. The molecular formula is C83H72N8O4. The van der Waals surface area contributed by atoms with Crippen LogP contribution in [0.25, 0.3) is 90.9 Å². The second-order valence-electron chi connectivity index (χ2n) is 23.9. The summed E-state index contributed by atoms with van der Waals surface area (Å²) in [6.45, 7) is 8.44. The number of nitrogens with zero attached hydrogens (tertiary/aromatic N) is 2. The average molecular weight is 1250 g/mol. The molecular weight excluding hydrogens is 1170 g/mol. The molecule has 0 saturated carbocycles. The number of benzene rings is 8. The summed E-state index contributed by atoms with van der Waals surface area (Å²) in [6, 6.07) is 70.0. The lowest BCUT2D eigenvalue weighted by Gasteiger charge is -2.14. The van der Waals surface area contributed by atoms with Crippen LogP contribution in [0.4, 0.5) is 22.7 Å². The first-order chi connectivity index (χ1) is 46.5. The van der Waals surface area contributed by atoms with Crippen LogP contribution in [0.5, 0.6) is 0 Å². The van der Waals surface area contributed by atoms with E-state index in [9.17, 15) is 19.2 Å².